The molecule has 2 nitrogen and oxygen atoms in total. The van der Waals surface area contributed by atoms with Gasteiger partial charge < -0.3 is 10.6 Å². The van der Waals surface area contributed by atoms with E-state index < -0.39 is 0 Å². The lowest BCUT2D eigenvalue weighted by Crippen LogP contribution is -2.28. The van der Waals surface area contributed by atoms with Crippen LogP contribution in [0.1, 0.15) is 18.5 Å². The van der Waals surface area contributed by atoms with Crippen molar-refractivity contribution in [1.29, 1.82) is 0 Å². The topological polar surface area (TPSA) is 29.3 Å². The molecule has 0 spiro atoms. The van der Waals surface area contributed by atoms with E-state index in [-0.39, 0.29) is 6.04 Å². The van der Waals surface area contributed by atoms with Crippen molar-refractivity contribution >= 4 is 10.8 Å². The first-order valence-corrected chi connectivity index (χ1v) is 6.13. The highest BCUT2D eigenvalue weighted by atomic mass is 15.1. The molecule has 2 rings (SSSR count). The van der Waals surface area contributed by atoms with Crippen molar-refractivity contribution in [3.63, 3.8) is 0 Å². The van der Waals surface area contributed by atoms with Crippen LogP contribution in [0.3, 0.4) is 0 Å². The minimum Gasteiger partial charge on any atom is -0.323 e. The van der Waals surface area contributed by atoms with Gasteiger partial charge in [0.15, 0.2) is 0 Å². The second-order valence-corrected chi connectivity index (χ2v) is 4.57. The van der Waals surface area contributed by atoms with E-state index in [1.165, 1.54) is 16.3 Å². The molecular weight excluding hydrogens is 208 g/mol. The number of fused-ring (bicyclic) bond motifs is 1. The first-order chi connectivity index (χ1) is 8.20. The predicted octanol–water partition coefficient (Wildman–Crippen LogP) is 2.79. The monoisotopic (exact) mass is 228 g/mol. The van der Waals surface area contributed by atoms with Crippen molar-refractivity contribution in [2.24, 2.45) is 5.73 Å². The normalized spacial score (nSPS) is 13.2. The summed E-state index contributed by atoms with van der Waals surface area (Å²) in [5.74, 6) is 0. The smallest absolute Gasteiger partial charge is 0.0424 e. The molecule has 0 aliphatic heterocycles. The Hall–Kier alpha value is -1.38. The van der Waals surface area contributed by atoms with Gasteiger partial charge in [0.25, 0.3) is 0 Å². The predicted molar refractivity (Wildman–Crippen MR) is 74.0 cm³/mol. The zero-order valence-corrected chi connectivity index (χ0v) is 10.6. The molecule has 0 amide bonds. The molecule has 1 atom stereocenters. The molecule has 2 N–H and O–H groups in total. The van der Waals surface area contributed by atoms with E-state index >= 15 is 0 Å². The van der Waals surface area contributed by atoms with Crippen molar-refractivity contribution in [3.8, 4) is 0 Å². The van der Waals surface area contributed by atoms with Crippen LogP contribution < -0.4 is 5.73 Å². The van der Waals surface area contributed by atoms with Gasteiger partial charge in [-0.3, -0.25) is 0 Å². The van der Waals surface area contributed by atoms with Gasteiger partial charge in [-0.1, -0.05) is 43.3 Å². The molecule has 0 heterocycles. The third kappa shape index (κ3) is 2.84. The molecule has 0 saturated heterocycles. The van der Waals surface area contributed by atoms with Gasteiger partial charge in [-0.05, 0) is 36.0 Å². The zero-order chi connectivity index (χ0) is 12.3. The summed E-state index contributed by atoms with van der Waals surface area (Å²) in [4.78, 5) is 2.24. The average molecular weight is 228 g/mol. The summed E-state index contributed by atoms with van der Waals surface area (Å²) in [7, 11) is 2.10. The second-order valence-electron chi connectivity index (χ2n) is 4.57. The molecule has 2 aromatic carbocycles. The molecule has 0 aromatic heterocycles. The van der Waals surface area contributed by atoms with Gasteiger partial charge in [-0.15, -0.1) is 0 Å². The van der Waals surface area contributed by atoms with Crippen LogP contribution in [0.2, 0.25) is 0 Å². The van der Waals surface area contributed by atoms with Crippen LogP contribution in [0, 0.1) is 0 Å². The maximum atomic E-state index is 6.22. The minimum atomic E-state index is 0.0876. The number of hydrogen-bond acceptors (Lipinski definition) is 2. The molecule has 1 unspecified atom stereocenters. The molecule has 17 heavy (non-hydrogen) atoms. The first kappa shape index (κ1) is 12.1. The Morgan fingerprint density at radius 2 is 1.82 bits per heavy atom. The number of rotatable bonds is 4. The third-order valence-electron chi connectivity index (χ3n) is 3.25. The first-order valence-electron chi connectivity index (χ1n) is 6.13. The summed E-state index contributed by atoms with van der Waals surface area (Å²) < 4.78 is 0. The molecule has 2 heteroatoms. The van der Waals surface area contributed by atoms with Gasteiger partial charge in [0, 0.05) is 12.6 Å². The SMILES string of the molecule is CCN(C)CC(N)c1ccc2ccccc2c1. The minimum absolute atomic E-state index is 0.0876. The number of nitrogens with zero attached hydrogens (tertiary/aromatic N) is 1. The molecule has 0 bridgehead atoms. The number of nitrogens with two attached hydrogens (primary N) is 1. The van der Waals surface area contributed by atoms with E-state index in [0.717, 1.165) is 13.1 Å². The summed E-state index contributed by atoms with van der Waals surface area (Å²) >= 11 is 0. The van der Waals surface area contributed by atoms with E-state index in [1.54, 1.807) is 0 Å². The van der Waals surface area contributed by atoms with Crippen molar-refractivity contribution in [2.75, 3.05) is 20.1 Å². The summed E-state index contributed by atoms with van der Waals surface area (Å²) in [6.45, 7) is 4.07. The van der Waals surface area contributed by atoms with E-state index in [2.05, 4.69) is 61.3 Å². The zero-order valence-electron chi connectivity index (χ0n) is 10.6. The van der Waals surface area contributed by atoms with Gasteiger partial charge in [-0.25, -0.2) is 0 Å². The fourth-order valence-electron chi connectivity index (χ4n) is 2.01. The highest BCUT2D eigenvalue weighted by Gasteiger charge is 2.08. The van der Waals surface area contributed by atoms with E-state index in [4.69, 9.17) is 5.73 Å². The van der Waals surface area contributed by atoms with Gasteiger partial charge in [0.05, 0.1) is 0 Å². The average Bonchev–Trinajstić information content (AvgIpc) is 2.38. The van der Waals surface area contributed by atoms with Crippen LogP contribution in [0.5, 0.6) is 0 Å². The quantitative estimate of drug-likeness (QED) is 0.872. The molecule has 0 aliphatic rings. The largest absolute Gasteiger partial charge is 0.323 e. The Morgan fingerprint density at radius 1 is 1.12 bits per heavy atom. The van der Waals surface area contributed by atoms with Crippen LogP contribution in [0.15, 0.2) is 42.5 Å². The van der Waals surface area contributed by atoms with Crippen LogP contribution >= 0.6 is 0 Å². The lowest BCUT2D eigenvalue weighted by molar-refractivity contribution is 0.329. The van der Waals surface area contributed by atoms with Crippen molar-refractivity contribution < 1.29 is 0 Å². The molecule has 0 aliphatic carbocycles. The van der Waals surface area contributed by atoms with Gasteiger partial charge in [0.2, 0.25) is 0 Å². The maximum Gasteiger partial charge on any atom is 0.0424 e. The summed E-state index contributed by atoms with van der Waals surface area (Å²) in [6, 6.07) is 15.0. The van der Waals surface area contributed by atoms with E-state index in [1.807, 2.05) is 0 Å². The maximum absolute atomic E-state index is 6.22. The van der Waals surface area contributed by atoms with Crippen LogP contribution in [-0.2, 0) is 0 Å². The Balaban J connectivity index is 2.23. The van der Waals surface area contributed by atoms with E-state index in [9.17, 15) is 0 Å². The second kappa shape index (κ2) is 5.30. The number of benzene rings is 2. The van der Waals surface area contributed by atoms with Crippen molar-refractivity contribution in [2.45, 2.75) is 13.0 Å². The van der Waals surface area contributed by atoms with Gasteiger partial charge >= 0.3 is 0 Å². The summed E-state index contributed by atoms with van der Waals surface area (Å²) in [6.07, 6.45) is 0. The summed E-state index contributed by atoms with van der Waals surface area (Å²) in [5.41, 5.74) is 7.43. The van der Waals surface area contributed by atoms with Crippen LogP contribution in [0.25, 0.3) is 10.8 Å². The molecular formula is C15H20N2. The molecule has 90 valence electrons. The fraction of sp³-hybridized carbons (Fsp3) is 0.333. The van der Waals surface area contributed by atoms with E-state index in [0.29, 0.717) is 0 Å². The van der Waals surface area contributed by atoms with Gasteiger partial charge in [-0.2, -0.15) is 0 Å². The fourth-order valence-corrected chi connectivity index (χ4v) is 2.01. The Labute approximate surface area is 103 Å². The van der Waals surface area contributed by atoms with Crippen molar-refractivity contribution in [3.05, 3.63) is 48.0 Å². The highest BCUT2D eigenvalue weighted by Crippen LogP contribution is 2.19. The van der Waals surface area contributed by atoms with Crippen LogP contribution in [-0.4, -0.2) is 25.0 Å². The highest BCUT2D eigenvalue weighted by molar-refractivity contribution is 5.83. The lowest BCUT2D eigenvalue weighted by Gasteiger charge is -2.20. The molecule has 0 fully saturated rings. The third-order valence-corrected chi connectivity index (χ3v) is 3.25. The Bertz CT molecular complexity index is 493. The molecule has 2 aromatic rings. The Kier molecular flexibility index (Phi) is 3.77. The molecule has 0 radical (unpaired) electrons. The number of likely N-dealkylation sites (N-methyl/N-ethyl adjacent to an activating group) is 1. The van der Waals surface area contributed by atoms with Crippen LogP contribution in [0.4, 0.5) is 0 Å². The van der Waals surface area contributed by atoms with Gasteiger partial charge in [0.1, 0.15) is 0 Å². The standard InChI is InChI=1S/C15H20N2/c1-3-17(2)11-15(16)14-9-8-12-6-4-5-7-13(12)10-14/h4-10,15H,3,11,16H2,1-2H3. The van der Waals surface area contributed by atoms with Crippen molar-refractivity contribution in [1.82, 2.24) is 4.90 Å². The molecule has 0 saturated carbocycles. The summed E-state index contributed by atoms with van der Waals surface area (Å²) in [5, 5.41) is 2.53. The number of hydrogen-bond donors (Lipinski definition) is 1. The lowest BCUT2D eigenvalue weighted by atomic mass is 10.0. The Morgan fingerprint density at radius 3 is 2.53 bits per heavy atom.